The maximum atomic E-state index is 11.1. The molecule has 0 aliphatic carbocycles. The van der Waals surface area contributed by atoms with Crippen molar-refractivity contribution in [2.24, 2.45) is 0 Å². The normalized spacial score (nSPS) is 9.78. The van der Waals surface area contributed by atoms with Gasteiger partial charge in [0.1, 0.15) is 11.8 Å². The fourth-order valence-corrected chi connectivity index (χ4v) is 2.58. The van der Waals surface area contributed by atoms with Crippen molar-refractivity contribution in [3.05, 3.63) is 40.1 Å². The van der Waals surface area contributed by atoms with Crippen LogP contribution in [0.5, 0.6) is 5.75 Å². The van der Waals surface area contributed by atoms with E-state index in [1.54, 1.807) is 5.38 Å². The summed E-state index contributed by atoms with van der Waals surface area (Å²) in [6, 6.07) is 9.55. The van der Waals surface area contributed by atoms with Crippen molar-refractivity contribution in [2.75, 3.05) is 6.61 Å². The number of para-hydroxylation sites is 1. The molecule has 0 fully saturated rings. The highest BCUT2D eigenvalue weighted by molar-refractivity contribution is 7.12. The summed E-state index contributed by atoms with van der Waals surface area (Å²) in [5.74, 6) is 0.693. The fraction of sp³-hybridized carbons (Fsp3) is 0.143. The Morgan fingerprint density at radius 2 is 2.22 bits per heavy atom. The van der Waals surface area contributed by atoms with Gasteiger partial charge in [0.05, 0.1) is 17.0 Å². The molecule has 0 bridgehead atoms. The Kier molecular flexibility index (Phi) is 3.75. The molecule has 0 atom stereocenters. The van der Waals surface area contributed by atoms with E-state index in [1.807, 2.05) is 31.2 Å². The van der Waals surface area contributed by atoms with E-state index >= 15 is 0 Å². The van der Waals surface area contributed by atoms with E-state index in [9.17, 15) is 4.79 Å². The average molecular weight is 257 g/mol. The van der Waals surface area contributed by atoms with E-state index in [-0.39, 0.29) is 0 Å². The lowest BCUT2D eigenvalue weighted by molar-refractivity contribution is 0.112. The predicted octanol–water partition coefficient (Wildman–Crippen LogP) is 3.50. The van der Waals surface area contributed by atoms with Crippen molar-refractivity contribution in [1.82, 2.24) is 0 Å². The zero-order valence-electron chi connectivity index (χ0n) is 9.84. The molecule has 3 nitrogen and oxygen atoms in total. The lowest BCUT2D eigenvalue weighted by atomic mass is 10.0. The van der Waals surface area contributed by atoms with Crippen molar-refractivity contribution in [3.8, 4) is 22.9 Å². The molecule has 0 aliphatic heterocycles. The summed E-state index contributed by atoms with van der Waals surface area (Å²) in [5.41, 5.74) is 1.97. The molecule has 0 saturated carbocycles. The van der Waals surface area contributed by atoms with Crippen LogP contribution in [0.4, 0.5) is 0 Å². The Bertz CT molecular complexity index is 610. The zero-order chi connectivity index (χ0) is 13.0. The molecule has 0 saturated heterocycles. The van der Waals surface area contributed by atoms with Crippen LogP contribution in [0.3, 0.4) is 0 Å². The number of carbonyl (C=O) groups excluding carboxylic acids is 1. The van der Waals surface area contributed by atoms with Gasteiger partial charge < -0.3 is 4.74 Å². The molecule has 0 unspecified atom stereocenters. The number of ether oxygens (including phenoxy) is 1. The number of nitriles is 1. The Morgan fingerprint density at radius 1 is 1.44 bits per heavy atom. The van der Waals surface area contributed by atoms with Gasteiger partial charge in [0.25, 0.3) is 0 Å². The number of rotatable bonds is 4. The Morgan fingerprint density at radius 3 is 2.89 bits per heavy atom. The van der Waals surface area contributed by atoms with Crippen LogP contribution in [0.15, 0.2) is 29.6 Å². The highest BCUT2D eigenvalue weighted by Gasteiger charge is 2.16. The topological polar surface area (TPSA) is 50.1 Å². The van der Waals surface area contributed by atoms with E-state index in [2.05, 4.69) is 6.07 Å². The van der Waals surface area contributed by atoms with Crippen LogP contribution in [0.2, 0.25) is 0 Å². The summed E-state index contributed by atoms with van der Waals surface area (Å²) in [4.78, 5) is 11.6. The van der Waals surface area contributed by atoms with Crippen LogP contribution in [0.25, 0.3) is 11.1 Å². The number of hydrogen-bond donors (Lipinski definition) is 0. The van der Waals surface area contributed by atoms with Gasteiger partial charge in [-0.25, -0.2) is 0 Å². The first-order chi connectivity index (χ1) is 8.81. The zero-order valence-corrected chi connectivity index (χ0v) is 10.7. The van der Waals surface area contributed by atoms with Gasteiger partial charge in [0.15, 0.2) is 6.29 Å². The molecule has 0 aliphatic rings. The van der Waals surface area contributed by atoms with Crippen molar-refractivity contribution in [3.63, 3.8) is 0 Å². The second-order valence-electron chi connectivity index (χ2n) is 3.55. The molecule has 0 amide bonds. The van der Waals surface area contributed by atoms with E-state index in [1.165, 1.54) is 11.3 Å². The van der Waals surface area contributed by atoms with Gasteiger partial charge >= 0.3 is 0 Å². The monoisotopic (exact) mass is 257 g/mol. The van der Waals surface area contributed by atoms with E-state index in [0.29, 0.717) is 28.4 Å². The Hall–Kier alpha value is -2.12. The molecule has 90 valence electrons. The van der Waals surface area contributed by atoms with Crippen LogP contribution in [-0.2, 0) is 0 Å². The van der Waals surface area contributed by atoms with Crippen LogP contribution >= 0.6 is 11.3 Å². The number of nitrogens with zero attached hydrogens (tertiary/aromatic N) is 1. The number of benzene rings is 1. The third-order valence-electron chi connectivity index (χ3n) is 2.50. The predicted molar refractivity (Wildman–Crippen MR) is 71.0 cm³/mol. The number of aldehydes is 1. The minimum absolute atomic E-state index is 0.509. The van der Waals surface area contributed by atoms with E-state index in [0.717, 1.165) is 11.8 Å². The summed E-state index contributed by atoms with van der Waals surface area (Å²) in [7, 11) is 0. The smallest absolute Gasteiger partial charge is 0.160 e. The minimum atomic E-state index is 0.509. The first-order valence-electron chi connectivity index (χ1n) is 5.50. The second kappa shape index (κ2) is 5.48. The number of hydrogen-bond acceptors (Lipinski definition) is 4. The SMILES string of the molecule is CCOc1ccccc1-c1c(C#N)csc1C=O. The van der Waals surface area contributed by atoms with Crippen LogP contribution in [-0.4, -0.2) is 12.9 Å². The van der Waals surface area contributed by atoms with Gasteiger partial charge in [-0.3, -0.25) is 4.79 Å². The van der Waals surface area contributed by atoms with E-state index < -0.39 is 0 Å². The summed E-state index contributed by atoms with van der Waals surface area (Å²) in [6.45, 7) is 2.44. The molecular formula is C14H11NO2S. The molecular weight excluding hydrogens is 246 g/mol. The summed E-state index contributed by atoms with van der Waals surface area (Å²) in [6.07, 6.45) is 0.781. The molecule has 4 heteroatoms. The summed E-state index contributed by atoms with van der Waals surface area (Å²) >= 11 is 1.28. The molecule has 0 spiro atoms. The summed E-state index contributed by atoms with van der Waals surface area (Å²) in [5, 5.41) is 10.8. The van der Waals surface area contributed by atoms with Crippen molar-refractivity contribution in [1.29, 1.82) is 5.26 Å². The lowest BCUT2D eigenvalue weighted by Gasteiger charge is -2.09. The van der Waals surface area contributed by atoms with Gasteiger partial charge in [-0.2, -0.15) is 5.26 Å². The molecule has 0 radical (unpaired) electrons. The molecule has 18 heavy (non-hydrogen) atoms. The quantitative estimate of drug-likeness (QED) is 0.788. The van der Waals surface area contributed by atoms with Gasteiger partial charge in [-0.05, 0) is 13.0 Å². The van der Waals surface area contributed by atoms with Gasteiger partial charge in [-0.1, -0.05) is 18.2 Å². The third-order valence-corrected chi connectivity index (χ3v) is 3.41. The largest absolute Gasteiger partial charge is 0.493 e. The molecule has 2 rings (SSSR count). The number of carbonyl (C=O) groups is 1. The van der Waals surface area contributed by atoms with E-state index in [4.69, 9.17) is 10.00 Å². The van der Waals surface area contributed by atoms with Crippen molar-refractivity contribution >= 4 is 17.6 Å². The minimum Gasteiger partial charge on any atom is -0.493 e. The van der Waals surface area contributed by atoms with Gasteiger partial charge in [0.2, 0.25) is 0 Å². The fourth-order valence-electron chi connectivity index (χ4n) is 1.77. The first kappa shape index (κ1) is 12.3. The maximum absolute atomic E-state index is 11.1. The highest BCUT2D eigenvalue weighted by atomic mass is 32.1. The van der Waals surface area contributed by atoms with Crippen molar-refractivity contribution in [2.45, 2.75) is 6.92 Å². The molecule has 2 aromatic rings. The molecule has 1 aromatic carbocycles. The highest BCUT2D eigenvalue weighted by Crippen LogP contribution is 2.37. The third kappa shape index (κ3) is 2.13. The van der Waals surface area contributed by atoms with Crippen molar-refractivity contribution < 1.29 is 9.53 Å². The standard InChI is InChI=1S/C14H11NO2S/c1-2-17-12-6-4-3-5-11(12)14-10(7-15)9-18-13(14)8-16/h3-6,8-9H,2H2,1H3. The van der Waals surface area contributed by atoms with Gasteiger partial charge in [0, 0.05) is 16.5 Å². The van der Waals surface area contributed by atoms with Crippen LogP contribution in [0, 0.1) is 11.3 Å². The Balaban J connectivity index is 2.65. The molecule has 0 N–H and O–H groups in total. The lowest BCUT2D eigenvalue weighted by Crippen LogP contribution is -1.95. The van der Waals surface area contributed by atoms with Gasteiger partial charge in [-0.15, -0.1) is 11.3 Å². The summed E-state index contributed by atoms with van der Waals surface area (Å²) < 4.78 is 5.54. The van der Waals surface area contributed by atoms with Crippen LogP contribution < -0.4 is 4.74 Å². The van der Waals surface area contributed by atoms with Crippen LogP contribution in [0.1, 0.15) is 22.2 Å². The first-order valence-corrected chi connectivity index (χ1v) is 6.38. The average Bonchev–Trinajstić information content (AvgIpc) is 2.82. The second-order valence-corrected chi connectivity index (χ2v) is 4.46. The number of thiophene rings is 1. The Labute approximate surface area is 109 Å². The molecule has 1 heterocycles. The molecule has 1 aromatic heterocycles. The maximum Gasteiger partial charge on any atom is 0.160 e.